The van der Waals surface area contributed by atoms with E-state index in [4.69, 9.17) is 17.3 Å². The molecule has 2 aliphatic rings. The molecule has 0 amide bonds. The molecule has 0 radical (unpaired) electrons. The van der Waals surface area contributed by atoms with Crippen molar-refractivity contribution in [3.8, 4) is 0 Å². The number of halogens is 2. The Labute approximate surface area is 138 Å². The lowest BCUT2D eigenvalue weighted by atomic mass is 10.1. The highest BCUT2D eigenvalue weighted by Crippen LogP contribution is 2.37. The van der Waals surface area contributed by atoms with E-state index in [0.717, 1.165) is 37.3 Å². The average Bonchev–Trinajstić information content (AvgIpc) is 2.80. The summed E-state index contributed by atoms with van der Waals surface area (Å²) < 4.78 is 13.4. The molecular weight excluding hydrogens is 319 g/mol. The molecule has 4 rings (SSSR count). The zero-order valence-electron chi connectivity index (χ0n) is 12.4. The summed E-state index contributed by atoms with van der Waals surface area (Å²) in [4.78, 5) is 8.14. The fourth-order valence-corrected chi connectivity index (χ4v) is 3.84. The second-order valence-electron chi connectivity index (χ2n) is 5.97. The van der Waals surface area contributed by atoms with E-state index in [1.165, 1.54) is 12.3 Å². The van der Waals surface area contributed by atoms with Crippen LogP contribution in [0.15, 0.2) is 24.4 Å². The Hall–Kier alpha value is -2.15. The molecule has 2 N–H and O–H groups in total. The lowest BCUT2D eigenvalue weighted by Crippen LogP contribution is -2.54. The van der Waals surface area contributed by atoms with Crippen LogP contribution in [0, 0.1) is 5.95 Å². The molecule has 2 bridgehead atoms. The lowest BCUT2D eigenvalue weighted by Gasteiger charge is -2.43. The first-order chi connectivity index (χ1) is 11.1. The minimum atomic E-state index is -0.446. The first-order valence-corrected chi connectivity index (χ1v) is 7.93. The maximum absolute atomic E-state index is 13.4. The normalized spacial score (nSPS) is 23.4. The van der Waals surface area contributed by atoms with Crippen molar-refractivity contribution in [3.63, 3.8) is 0 Å². The highest BCUT2D eigenvalue weighted by Gasteiger charge is 2.40. The molecule has 23 heavy (non-hydrogen) atoms. The number of hydrogen-bond acceptors (Lipinski definition) is 6. The van der Waals surface area contributed by atoms with Crippen LogP contribution >= 0.6 is 11.6 Å². The Morgan fingerprint density at radius 1 is 1.17 bits per heavy atom. The predicted molar refractivity (Wildman–Crippen MR) is 87.2 cm³/mol. The number of hydrogen-bond donors (Lipinski definition) is 1. The fourth-order valence-electron chi connectivity index (χ4n) is 3.70. The van der Waals surface area contributed by atoms with Crippen LogP contribution in [-0.2, 0) is 0 Å². The summed E-state index contributed by atoms with van der Waals surface area (Å²) in [5, 5.41) is 7.99. The highest BCUT2D eigenvalue weighted by molar-refractivity contribution is 6.29. The van der Waals surface area contributed by atoms with Gasteiger partial charge in [-0.05, 0) is 18.9 Å². The van der Waals surface area contributed by atoms with Gasteiger partial charge in [-0.3, -0.25) is 0 Å². The van der Waals surface area contributed by atoms with Crippen molar-refractivity contribution in [2.24, 2.45) is 0 Å². The number of nitrogen functional groups attached to an aromatic ring is 1. The Balaban J connectivity index is 1.62. The van der Waals surface area contributed by atoms with Gasteiger partial charge in [-0.2, -0.15) is 4.39 Å². The van der Waals surface area contributed by atoms with E-state index < -0.39 is 5.95 Å². The Morgan fingerprint density at radius 3 is 2.61 bits per heavy atom. The van der Waals surface area contributed by atoms with Crippen molar-refractivity contribution in [2.75, 3.05) is 28.6 Å². The Kier molecular flexibility index (Phi) is 3.45. The van der Waals surface area contributed by atoms with Crippen molar-refractivity contribution in [2.45, 2.75) is 24.9 Å². The van der Waals surface area contributed by atoms with E-state index in [2.05, 4.69) is 25.0 Å². The molecule has 120 valence electrons. The molecule has 0 spiro atoms. The third-order valence-electron chi connectivity index (χ3n) is 4.60. The van der Waals surface area contributed by atoms with Gasteiger partial charge in [-0.15, -0.1) is 10.2 Å². The zero-order valence-corrected chi connectivity index (χ0v) is 13.1. The monoisotopic (exact) mass is 334 g/mol. The molecule has 2 fully saturated rings. The van der Waals surface area contributed by atoms with E-state index in [1.807, 2.05) is 6.07 Å². The lowest BCUT2D eigenvalue weighted by molar-refractivity contribution is 0.529. The summed E-state index contributed by atoms with van der Waals surface area (Å²) in [5.41, 5.74) is 7.67. The molecule has 4 heterocycles. The quantitative estimate of drug-likeness (QED) is 0.848. The summed E-state index contributed by atoms with van der Waals surface area (Å²) in [5.74, 6) is -0.0594. The number of fused-ring (bicyclic) bond motifs is 2. The second-order valence-corrected chi connectivity index (χ2v) is 6.36. The van der Waals surface area contributed by atoms with E-state index in [-0.39, 0.29) is 0 Å². The Bertz CT molecular complexity index is 728. The number of aromatic nitrogens is 3. The number of anilines is 3. The predicted octanol–water partition coefficient (Wildman–Crippen LogP) is 2.10. The molecule has 6 nitrogen and oxygen atoms in total. The van der Waals surface area contributed by atoms with Crippen LogP contribution in [0.3, 0.4) is 0 Å². The summed E-state index contributed by atoms with van der Waals surface area (Å²) >= 11 is 5.95. The second kappa shape index (κ2) is 5.49. The number of piperazine rings is 1. The number of nitrogens with two attached hydrogens (primary N) is 1. The minimum absolute atomic E-state index is 0.307. The smallest absolute Gasteiger partial charge is 0.214 e. The van der Waals surface area contributed by atoms with Crippen LogP contribution in [0.1, 0.15) is 12.8 Å². The minimum Gasteiger partial charge on any atom is -0.380 e. The van der Waals surface area contributed by atoms with Crippen LogP contribution in [0.25, 0.3) is 0 Å². The maximum Gasteiger partial charge on any atom is 0.214 e. The Morgan fingerprint density at radius 2 is 1.91 bits per heavy atom. The van der Waals surface area contributed by atoms with Crippen LogP contribution in [0.5, 0.6) is 0 Å². The molecule has 2 unspecified atom stereocenters. The highest BCUT2D eigenvalue weighted by atomic mass is 35.5. The van der Waals surface area contributed by atoms with E-state index in [0.29, 0.717) is 23.1 Å². The van der Waals surface area contributed by atoms with Gasteiger partial charge < -0.3 is 15.5 Å². The number of pyridine rings is 1. The van der Waals surface area contributed by atoms with Gasteiger partial charge in [0, 0.05) is 49.2 Å². The largest absolute Gasteiger partial charge is 0.380 e. The van der Waals surface area contributed by atoms with Crippen LogP contribution in [-0.4, -0.2) is 40.4 Å². The van der Waals surface area contributed by atoms with Crippen molar-refractivity contribution in [1.29, 1.82) is 0 Å². The summed E-state index contributed by atoms with van der Waals surface area (Å²) in [6.45, 7) is 1.60. The van der Waals surface area contributed by atoms with Gasteiger partial charge in [0.2, 0.25) is 5.95 Å². The van der Waals surface area contributed by atoms with E-state index >= 15 is 0 Å². The van der Waals surface area contributed by atoms with Crippen LogP contribution in [0.4, 0.5) is 21.6 Å². The van der Waals surface area contributed by atoms with E-state index in [1.54, 1.807) is 6.07 Å². The molecule has 0 saturated carbocycles. The summed E-state index contributed by atoms with van der Waals surface area (Å²) in [7, 11) is 0. The number of nitrogens with zero attached hydrogens (tertiary/aromatic N) is 5. The van der Waals surface area contributed by atoms with Gasteiger partial charge in [0.05, 0.1) is 5.69 Å². The average molecular weight is 335 g/mol. The summed E-state index contributed by atoms with van der Waals surface area (Å²) in [6.07, 6.45) is 3.65. The first kappa shape index (κ1) is 14.4. The molecule has 2 aromatic rings. The molecule has 2 aromatic heterocycles. The van der Waals surface area contributed by atoms with Gasteiger partial charge in [0.1, 0.15) is 0 Å². The van der Waals surface area contributed by atoms with Crippen molar-refractivity contribution < 1.29 is 4.39 Å². The van der Waals surface area contributed by atoms with Crippen molar-refractivity contribution in [3.05, 3.63) is 35.5 Å². The van der Waals surface area contributed by atoms with Gasteiger partial charge in [-0.1, -0.05) is 11.6 Å². The molecule has 8 heteroatoms. The van der Waals surface area contributed by atoms with Crippen LogP contribution < -0.4 is 15.5 Å². The molecule has 2 saturated heterocycles. The molecule has 2 atom stereocenters. The standard InChI is InChI=1S/C15H16ClFN6/c16-13-6-12(15(18)21-20-13)22-7-10-1-2-11(8-22)23(10)9-3-4-19-14(17)5-9/h3-6,10-11H,1-2,7-8H2,(H2,18,21). The zero-order chi connectivity index (χ0) is 16.0. The molecule has 2 aliphatic heterocycles. The SMILES string of the molecule is Nc1nnc(Cl)cc1N1CC2CCC(C1)N2c1ccnc(F)c1. The third-order valence-corrected chi connectivity index (χ3v) is 4.79. The maximum atomic E-state index is 13.4. The van der Waals surface area contributed by atoms with Gasteiger partial charge in [0.15, 0.2) is 11.0 Å². The van der Waals surface area contributed by atoms with Crippen molar-refractivity contribution >= 4 is 28.8 Å². The third kappa shape index (κ3) is 2.55. The van der Waals surface area contributed by atoms with Crippen LogP contribution in [0.2, 0.25) is 5.15 Å². The fraction of sp³-hybridized carbons (Fsp3) is 0.400. The first-order valence-electron chi connectivity index (χ1n) is 7.55. The topological polar surface area (TPSA) is 71.2 Å². The van der Waals surface area contributed by atoms with Crippen molar-refractivity contribution in [1.82, 2.24) is 15.2 Å². The molecule has 0 aliphatic carbocycles. The van der Waals surface area contributed by atoms with E-state index in [9.17, 15) is 4.39 Å². The molecule has 0 aromatic carbocycles. The van der Waals surface area contributed by atoms with Gasteiger partial charge in [0.25, 0.3) is 0 Å². The number of rotatable bonds is 2. The van der Waals surface area contributed by atoms with Gasteiger partial charge >= 0.3 is 0 Å². The molecular formula is C15H16ClFN6. The summed E-state index contributed by atoms with van der Waals surface area (Å²) in [6, 6.07) is 5.73. The van der Waals surface area contributed by atoms with Gasteiger partial charge in [-0.25, -0.2) is 4.98 Å².